The predicted octanol–water partition coefficient (Wildman–Crippen LogP) is -1.52. The van der Waals surface area contributed by atoms with Gasteiger partial charge in [-0.1, -0.05) is 12.1 Å². The Morgan fingerprint density at radius 1 is 0.862 bits per heavy atom. The van der Waals surface area contributed by atoms with E-state index in [1.165, 1.54) is 12.1 Å². The third-order valence-corrected chi connectivity index (χ3v) is 3.40. The Kier molecular flexibility index (Phi) is 11.6. The predicted molar refractivity (Wildman–Crippen MR) is 98.8 cm³/mol. The summed E-state index contributed by atoms with van der Waals surface area (Å²) in [5, 5.41) is 33.9. The molecule has 1 aromatic rings. The smallest absolute Gasteiger partial charge is 0.324 e. The summed E-state index contributed by atoms with van der Waals surface area (Å²) in [6.45, 7) is -0.419. The molecule has 0 aromatic heterocycles. The van der Waals surface area contributed by atoms with Crippen molar-refractivity contribution >= 4 is 23.9 Å². The molecule has 0 amide bonds. The lowest BCUT2D eigenvalue weighted by molar-refractivity contribution is -0.149. The second kappa shape index (κ2) is 13.0. The fourth-order valence-electron chi connectivity index (χ4n) is 1.72. The summed E-state index contributed by atoms with van der Waals surface area (Å²) >= 11 is 0. The van der Waals surface area contributed by atoms with Crippen LogP contribution in [0.25, 0.3) is 0 Å². The van der Waals surface area contributed by atoms with Gasteiger partial charge in [0.15, 0.2) is 0 Å². The van der Waals surface area contributed by atoms with Crippen LogP contribution in [0.3, 0.4) is 0 Å². The van der Waals surface area contributed by atoms with E-state index in [1.54, 1.807) is 12.1 Å². The Morgan fingerprint density at radius 2 is 1.38 bits per heavy atom. The van der Waals surface area contributed by atoms with E-state index in [2.05, 4.69) is 0 Å². The first-order valence-electron chi connectivity index (χ1n) is 8.32. The number of hydrogen-bond acceptors (Lipinski definition) is 9. The number of esters is 1. The number of aromatic hydroxyl groups is 1. The van der Waals surface area contributed by atoms with Crippen molar-refractivity contribution < 1.29 is 44.3 Å². The first-order chi connectivity index (χ1) is 13.4. The number of carbonyl (C=O) groups excluding carboxylic acids is 1. The first-order valence-corrected chi connectivity index (χ1v) is 8.32. The van der Waals surface area contributed by atoms with Gasteiger partial charge in [0.1, 0.15) is 30.5 Å². The van der Waals surface area contributed by atoms with Crippen molar-refractivity contribution in [1.29, 1.82) is 0 Å². The molecular formula is C17H25N3O9. The van der Waals surface area contributed by atoms with Crippen LogP contribution in [0, 0.1) is 0 Å². The molecule has 0 heterocycles. The van der Waals surface area contributed by atoms with Gasteiger partial charge in [-0.25, -0.2) is 0 Å². The van der Waals surface area contributed by atoms with Gasteiger partial charge in [-0.15, -0.1) is 0 Å². The quantitative estimate of drug-likeness (QED) is 0.216. The summed E-state index contributed by atoms with van der Waals surface area (Å²) in [4.78, 5) is 41.8. The van der Waals surface area contributed by atoms with E-state index in [9.17, 15) is 19.2 Å². The molecule has 0 aliphatic carbocycles. The number of carboxylic acid groups (broad SMARTS) is 3. The molecule has 0 unspecified atom stereocenters. The first kappa shape index (κ1) is 25.8. The van der Waals surface area contributed by atoms with Gasteiger partial charge in [0.25, 0.3) is 0 Å². The van der Waals surface area contributed by atoms with Gasteiger partial charge in [0.05, 0.1) is 0 Å². The summed E-state index contributed by atoms with van der Waals surface area (Å²) in [6.07, 6.45) is -0.000440. The maximum Gasteiger partial charge on any atom is 0.324 e. The van der Waals surface area contributed by atoms with Gasteiger partial charge in [-0.2, -0.15) is 0 Å². The SMILES string of the molecule is N[C@@H](CCC(=O)O)C(=O)O.N[C@@H](COC(=O)[C@@H](N)Cc1ccc(O)cc1)C(=O)O. The highest BCUT2D eigenvalue weighted by atomic mass is 16.5. The Hall–Kier alpha value is -3.22. The zero-order valence-corrected chi connectivity index (χ0v) is 15.4. The van der Waals surface area contributed by atoms with Gasteiger partial charge < -0.3 is 42.4 Å². The molecule has 29 heavy (non-hydrogen) atoms. The van der Waals surface area contributed by atoms with Crippen molar-refractivity contribution in [2.75, 3.05) is 6.61 Å². The minimum absolute atomic E-state index is 0.0231. The van der Waals surface area contributed by atoms with Crippen LogP contribution < -0.4 is 17.2 Å². The van der Waals surface area contributed by atoms with Crippen molar-refractivity contribution in [3.8, 4) is 5.75 Å². The van der Waals surface area contributed by atoms with Crippen LogP contribution in [-0.4, -0.2) is 69.0 Å². The topological polar surface area (TPSA) is 236 Å². The fraction of sp³-hybridized carbons (Fsp3) is 0.412. The van der Waals surface area contributed by atoms with Crippen LogP contribution >= 0.6 is 0 Å². The molecule has 0 bridgehead atoms. The second-order valence-corrected chi connectivity index (χ2v) is 5.93. The molecule has 0 saturated heterocycles. The molecule has 0 spiro atoms. The highest BCUT2D eigenvalue weighted by Crippen LogP contribution is 2.11. The van der Waals surface area contributed by atoms with E-state index in [-0.39, 0.29) is 25.0 Å². The number of nitrogens with two attached hydrogens (primary N) is 3. The van der Waals surface area contributed by atoms with Crippen molar-refractivity contribution in [1.82, 2.24) is 0 Å². The molecule has 0 aliphatic rings. The van der Waals surface area contributed by atoms with Crippen LogP contribution in [0.1, 0.15) is 18.4 Å². The van der Waals surface area contributed by atoms with Gasteiger partial charge in [-0.3, -0.25) is 19.2 Å². The van der Waals surface area contributed by atoms with Crippen molar-refractivity contribution in [3.63, 3.8) is 0 Å². The van der Waals surface area contributed by atoms with E-state index < -0.39 is 48.6 Å². The molecule has 0 saturated carbocycles. The fourth-order valence-corrected chi connectivity index (χ4v) is 1.72. The number of aliphatic carboxylic acids is 3. The van der Waals surface area contributed by atoms with Gasteiger partial charge in [-0.05, 0) is 30.5 Å². The van der Waals surface area contributed by atoms with Crippen LogP contribution in [0.15, 0.2) is 24.3 Å². The van der Waals surface area contributed by atoms with Crippen LogP contribution in [0.2, 0.25) is 0 Å². The second-order valence-electron chi connectivity index (χ2n) is 5.93. The molecule has 3 atom stereocenters. The molecule has 12 heteroatoms. The lowest BCUT2D eigenvalue weighted by atomic mass is 10.1. The van der Waals surface area contributed by atoms with Crippen LogP contribution in [0.5, 0.6) is 5.75 Å². The van der Waals surface area contributed by atoms with Gasteiger partial charge in [0.2, 0.25) is 0 Å². The minimum atomic E-state index is -1.26. The van der Waals surface area contributed by atoms with Crippen LogP contribution in [0.4, 0.5) is 0 Å². The number of carbonyl (C=O) groups is 4. The summed E-state index contributed by atoms with van der Waals surface area (Å²) in [6, 6.07) is 2.99. The molecule has 1 aromatic carbocycles. The molecule has 12 nitrogen and oxygen atoms in total. The summed E-state index contributed by atoms with van der Waals surface area (Å²) in [5.74, 6) is -4.05. The third-order valence-electron chi connectivity index (χ3n) is 3.40. The Morgan fingerprint density at radius 3 is 1.83 bits per heavy atom. The molecule has 0 aliphatic heterocycles. The standard InChI is InChI=1S/C12H16N2O5.C5H9NO4/c13-9(5-7-1-3-8(15)4-2-7)12(18)19-6-10(14)11(16)17;6-3(5(9)10)1-2-4(7)8/h1-4,9-10,15H,5-6,13-14H2,(H,16,17);3H,1-2,6H2,(H,7,8)(H,9,10)/t9-,10-;3-/m00/s1. The average Bonchev–Trinajstić information content (AvgIpc) is 2.65. The zero-order chi connectivity index (χ0) is 22.6. The highest BCUT2D eigenvalue weighted by molar-refractivity contribution is 5.77. The van der Waals surface area contributed by atoms with Crippen molar-refractivity contribution in [2.24, 2.45) is 17.2 Å². The monoisotopic (exact) mass is 415 g/mol. The third kappa shape index (κ3) is 12.0. The number of benzene rings is 1. The summed E-state index contributed by atoms with van der Waals surface area (Å²) in [7, 11) is 0. The van der Waals surface area contributed by atoms with Gasteiger partial charge in [0, 0.05) is 6.42 Å². The minimum Gasteiger partial charge on any atom is -0.508 e. The number of ether oxygens (including phenoxy) is 1. The lowest BCUT2D eigenvalue weighted by Crippen LogP contribution is -2.40. The molecule has 0 fully saturated rings. The normalized spacial score (nSPS) is 13.2. The van der Waals surface area contributed by atoms with E-state index in [0.717, 1.165) is 5.56 Å². The summed E-state index contributed by atoms with van der Waals surface area (Å²) in [5.41, 5.74) is 16.6. The Bertz CT molecular complexity index is 694. The Labute approximate surface area is 165 Å². The maximum atomic E-state index is 11.5. The number of carboxylic acids is 3. The molecule has 162 valence electrons. The zero-order valence-electron chi connectivity index (χ0n) is 15.4. The van der Waals surface area contributed by atoms with Crippen LogP contribution in [-0.2, 0) is 30.3 Å². The van der Waals surface area contributed by atoms with E-state index in [0.29, 0.717) is 0 Å². The maximum absolute atomic E-state index is 11.5. The average molecular weight is 415 g/mol. The van der Waals surface area contributed by atoms with Crippen molar-refractivity contribution in [3.05, 3.63) is 29.8 Å². The highest BCUT2D eigenvalue weighted by Gasteiger charge is 2.19. The van der Waals surface area contributed by atoms with E-state index in [1.807, 2.05) is 0 Å². The molecule has 0 radical (unpaired) electrons. The molecular weight excluding hydrogens is 390 g/mol. The summed E-state index contributed by atoms with van der Waals surface area (Å²) < 4.78 is 4.70. The lowest BCUT2D eigenvalue weighted by Gasteiger charge is -2.13. The Balaban J connectivity index is 0.000000665. The number of hydrogen-bond donors (Lipinski definition) is 7. The van der Waals surface area contributed by atoms with E-state index >= 15 is 0 Å². The van der Waals surface area contributed by atoms with Crippen molar-refractivity contribution in [2.45, 2.75) is 37.4 Å². The van der Waals surface area contributed by atoms with Gasteiger partial charge >= 0.3 is 23.9 Å². The number of phenols is 1. The number of rotatable bonds is 10. The largest absolute Gasteiger partial charge is 0.508 e. The number of phenolic OH excluding ortho intramolecular Hbond substituents is 1. The van der Waals surface area contributed by atoms with E-state index in [4.69, 9.17) is 42.4 Å². The molecule has 10 N–H and O–H groups in total. The molecule has 1 rings (SSSR count).